The van der Waals surface area contributed by atoms with Crippen LogP contribution in [-0.2, 0) is 6.54 Å². The Hall–Kier alpha value is -2.48. The summed E-state index contributed by atoms with van der Waals surface area (Å²) in [6, 6.07) is 5.46. The van der Waals surface area contributed by atoms with Crippen LogP contribution in [0, 0.1) is 22.9 Å². The number of rotatable bonds is 4. The molecule has 0 radical (unpaired) electrons. The smallest absolute Gasteiger partial charge is 0.292 e. The Morgan fingerprint density at radius 3 is 2.65 bits per heavy atom. The van der Waals surface area contributed by atoms with E-state index in [2.05, 4.69) is 10.1 Å². The highest BCUT2D eigenvalue weighted by molar-refractivity contribution is 5.63. The van der Waals surface area contributed by atoms with E-state index in [4.69, 9.17) is 4.52 Å². The van der Waals surface area contributed by atoms with Gasteiger partial charge in [-0.1, -0.05) is 5.16 Å². The van der Waals surface area contributed by atoms with Crippen LogP contribution in [0.2, 0.25) is 0 Å². The molecule has 23 heavy (non-hydrogen) atoms. The van der Waals surface area contributed by atoms with Crippen LogP contribution in [0.15, 0.2) is 28.8 Å². The topological polar surface area (TPSA) is 75.7 Å². The second kappa shape index (κ2) is 6.33. The molecule has 122 valence electrons. The third-order valence-corrected chi connectivity index (χ3v) is 3.91. The van der Waals surface area contributed by atoms with Gasteiger partial charge in [-0.15, -0.1) is 0 Å². The van der Waals surface area contributed by atoms with E-state index in [0.717, 1.165) is 30.6 Å². The molecule has 2 aromatic rings. The molecule has 1 saturated heterocycles. The zero-order chi connectivity index (χ0) is 16.4. The molecule has 1 aliphatic rings. The molecule has 0 bridgehead atoms. The minimum Gasteiger partial charge on any atom is -0.363 e. The first-order chi connectivity index (χ1) is 11.0. The Labute approximate surface area is 132 Å². The van der Waals surface area contributed by atoms with Crippen molar-refractivity contribution in [1.82, 2.24) is 10.1 Å². The van der Waals surface area contributed by atoms with Gasteiger partial charge in [0.2, 0.25) is 0 Å². The number of piperazine rings is 1. The molecule has 0 atom stereocenters. The molecule has 0 saturated carbocycles. The third-order valence-electron chi connectivity index (χ3n) is 3.91. The summed E-state index contributed by atoms with van der Waals surface area (Å²) in [5.74, 6) is 0.306. The Bertz CT molecular complexity index is 710. The Morgan fingerprint density at radius 2 is 2.04 bits per heavy atom. The van der Waals surface area contributed by atoms with E-state index < -0.39 is 10.7 Å². The first-order valence-corrected chi connectivity index (χ1v) is 7.36. The van der Waals surface area contributed by atoms with Crippen molar-refractivity contribution in [3.63, 3.8) is 0 Å². The highest BCUT2D eigenvalue weighted by Crippen LogP contribution is 2.29. The lowest BCUT2D eigenvalue weighted by molar-refractivity contribution is -0.384. The maximum absolute atomic E-state index is 13.5. The summed E-state index contributed by atoms with van der Waals surface area (Å²) in [6.45, 7) is 5.16. The summed E-state index contributed by atoms with van der Waals surface area (Å²) >= 11 is 0. The second-order valence-corrected chi connectivity index (χ2v) is 5.58. The monoisotopic (exact) mass is 320 g/mol. The fraction of sp³-hybridized carbons (Fsp3) is 0.400. The van der Waals surface area contributed by atoms with Crippen LogP contribution >= 0.6 is 0 Å². The van der Waals surface area contributed by atoms with Gasteiger partial charge in [-0.05, 0) is 13.0 Å². The SMILES string of the molecule is Cc1cc(CN2CCN(c3cc(F)ccc3[N+](=O)[O-])CC2)no1. The molecule has 1 aliphatic heterocycles. The number of aromatic nitrogens is 1. The van der Waals surface area contributed by atoms with Crippen LogP contribution in [0.1, 0.15) is 11.5 Å². The largest absolute Gasteiger partial charge is 0.363 e. The molecule has 1 aromatic carbocycles. The van der Waals surface area contributed by atoms with Gasteiger partial charge < -0.3 is 9.42 Å². The van der Waals surface area contributed by atoms with Gasteiger partial charge in [0.05, 0.1) is 10.6 Å². The molecule has 8 heteroatoms. The first-order valence-electron chi connectivity index (χ1n) is 7.36. The van der Waals surface area contributed by atoms with Gasteiger partial charge in [0, 0.05) is 50.9 Å². The van der Waals surface area contributed by atoms with E-state index in [1.807, 2.05) is 17.9 Å². The van der Waals surface area contributed by atoms with E-state index in [1.54, 1.807) is 0 Å². The third kappa shape index (κ3) is 3.48. The molecule has 3 rings (SSSR count). The molecule has 0 amide bonds. The summed E-state index contributed by atoms with van der Waals surface area (Å²) in [5.41, 5.74) is 1.14. The number of aryl methyl sites for hydroxylation is 1. The standard InChI is InChI=1S/C15H17FN4O3/c1-11-8-13(17-23-11)10-18-4-6-19(7-5-18)15-9-12(16)2-3-14(15)20(21)22/h2-3,8-9H,4-7,10H2,1H3. The van der Waals surface area contributed by atoms with E-state index in [9.17, 15) is 14.5 Å². The predicted molar refractivity (Wildman–Crippen MR) is 81.8 cm³/mol. The van der Waals surface area contributed by atoms with Crippen LogP contribution in [0.5, 0.6) is 0 Å². The summed E-state index contributed by atoms with van der Waals surface area (Å²) < 4.78 is 18.5. The summed E-state index contributed by atoms with van der Waals surface area (Å²) in [7, 11) is 0. The minimum absolute atomic E-state index is 0.0630. The molecule has 0 aliphatic carbocycles. The van der Waals surface area contributed by atoms with E-state index in [0.29, 0.717) is 25.3 Å². The Morgan fingerprint density at radius 1 is 1.30 bits per heavy atom. The van der Waals surface area contributed by atoms with Gasteiger partial charge in [-0.3, -0.25) is 15.0 Å². The lowest BCUT2D eigenvalue weighted by Gasteiger charge is -2.35. The highest BCUT2D eigenvalue weighted by Gasteiger charge is 2.24. The Kier molecular flexibility index (Phi) is 4.24. The highest BCUT2D eigenvalue weighted by atomic mass is 19.1. The Balaban J connectivity index is 1.67. The molecule has 7 nitrogen and oxygen atoms in total. The van der Waals surface area contributed by atoms with Gasteiger partial charge in [-0.2, -0.15) is 0 Å². The average Bonchev–Trinajstić information content (AvgIpc) is 2.93. The van der Waals surface area contributed by atoms with Crippen molar-refractivity contribution in [2.75, 3.05) is 31.1 Å². The van der Waals surface area contributed by atoms with Crippen molar-refractivity contribution in [2.24, 2.45) is 0 Å². The van der Waals surface area contributed by atoms with Crippen LogP contribution in [0.4, 0.5) is 15.8 Å². The van der Waals surface area contributed by atoms with Crippen molar-refractivity contribution >= 4 is 11.4 Å². The number of hydrogen-bond donors (Lipinski definition) is 0. The molecular formula is C15H17FN4O3. The maximum Gasteiger partial charge on any atom is 0.292 e. The fourth-order valence-corrected chi connectivity index (χ4v) is 2.77. The fourth-order valence-electron chi connectivity index (χ4n) is 2.77. The number of benzene rings is 1. The molecule has 0 N–H and O–H groups in total. The van der Waals surface area contributed by atoms with Crippen molar-refractivity contribution in [3.05, 3.63) is 51.7 Å². The molecule has 1 fully saturated rings. The number of hydrogen-bond acceptors (Lipinski definition) is 6. The van der Waals surface area contributed by atoms with E-state index in [1.165, 1.54) is 12.1 Å². The van der Waals surface area contributed by atoms with Crippen molar-refractivity contribution in [2.45, 2.75) is 13.5 Å². The summed E-state index contributed by atoms with van der Waals surface area (Å²) in [4.78, 5) is 14.7. The second-order valence-electron chi connectivity index (χ2n) is 5.58. The molecule has 2 heterocycles. The molecule has 1 aromatic heterocycles. The number of nitro benzene ring substituents is 1. The number of halogens is 1. The van der Waals surface area contributed by atoms with Gasteiger partial charge in [-0.25, -0.2) is 4.39 Å². The minimum atomic E-state index is -0.473. The van der Waals surface area contributed by atoms with E-state index in [-0.39, 0.29) is 5.69 Å². The number of nitrogens with zero attached hydrogens (tertiary/aromatic N) is 4. The van der Waals surface area contributed by atoms with Crippen molar-refractivity contribution in [3.8, 4) is 0 Å². The van der Waals surface area contributed by atoms with Gasteiger partial charge in [0.1, 0.15) is 17.3 Å². The normalized spacial score (nSPS) is 15.8. The average molecular weight is 320 g/mol. The van der Waals surface area contributed by atoms with E-state index >= 15 is 0 Å². The predicted octanol–water partition coefficient (Wildman–Crippen LogP) is 2.35. The first kappa shape index (κ1) is 15.4. The van der Waals surface area contributed by atoms with Crippen molar-refractivity contribution in [1.29, 1.82) is 0 Å². The lowest BCUT2D eigenvalue weighted by atomic mass is 10.2. The van der Waals surface area contributed by atoms with Gasteiger partial charge >= 0.3 is 0 Å². The summed E-state index contributed by atoms with van der Waals surface area (Å²) in [6.07, 6.45) is 0. The molecule has 0 spiro atoms. The van der Waals surface area contributed by atoms with Crippen LogP contribution in [0.25, 0.3) is 0 Å². The maximum atomic E-state index is 13.5. The van der Waals surface area contributed by atoms with Crippen LogP contribution in [0.3, 0.4) is 0 Å². The molecular weight excluding hydrogens is 303 g/mol. The number of nitro groups is 1. The zero-order valence-corrected chi connectivity index (χ0v) is 12.7. The molecule has 0 unspecified atom stereocenters. The zero-order valence-electron chi connectivity index (χ0n) is 12.7. The van der Waals surface area contributed by atoms with Crippen LogP contribution in [-0.4, -0.2) is 41.2 Å². The van der Waals surface area contributed by atoms with Gasteiger partial charge in [0.25, 0.3) is 5.69 Å². The lowest BCUT2D eigenvalue weighted by Crippen LogP contribution is -2.46. The van der Waals surface area contributed by atoms with Crippen molar-refractivity contribution < 1.29 is 13.8 Å². The quantitative estimate of drug-likeness (QED) is 0.636. The number of anilines is 1. The van der Waals surface area contributed by atoms with Gasteiger partial charge in [0.15, 0.2) is 0 Å². The van der Waals surface area contributed by atoms with Crippen LogP contribution < -0.4 is 4.90 Å². The summed E-state index contributed by atoms with van der Waals surface area (Å²) in [5, 5.41) is 15.1.